The zero-order chi connectivity index (χ0) is 14.2. The van der Waals surface area contributed by atoms with Gasteiger partial charge in [0.05, 0.1) is 5.69 Å². The van der Waals surface area contributed by atoms with E-state index in [9.17, 15) is 14.7 Å². The number of anilines is 1. The molecule has 1 amide bonds. The number of phenols is 1. The highest BCUT2D eigenvalue weighted by Gasteiger charge is 2.33. The molecule has 2 unspecified atom stereocenters. The summed E-state index contributed by atoms with van der Waals surface area (Å²) in [4.78, 5) is 24.5. The van der Waals surface area contributed by atoms with E-state index >= 15 is 0 Å². The van der Waals surface area contributed by atoms with E-state index in [4.69, 9.17) is 5.11 Å². The van der Waals surface area contributed by atoms with Crippen molar-refractivity contribution < 1.29 is 19.8 Å². The van der Waals surface area contributed by atoms with E-state index in [-0.39, 0.29) is 11.7 Å². The van der Waals surface area contributed by atoms with Crippen molar-refractivity contribution in [2.45, 2.75) is 26.2 Å². The Balaban J connectivity index is 2.44. The molecule has 5 nitrogen and oxygen atoms in total. The molecule has 1 aromatic carbocycles. The van der Waals surface area contributed by atoms with Gasteiger partial charge in [-0.1, -0.05) is 19.1 Å². The molecule has 0 spiro atoms. The summed E-state index contributed by atoms with van der Waals surface area (Å²) >= 11 is 0. The number of para-hydroxylation sites is 1. The standard InChI is InChI=1S/C14H17NO4/c1-8-6-7-15(13(17)9(2)14(18)19)12-10(8)4-3-5-11(12)16/h3-5,8-9,16H,6-7H2,1-2H3,(H,18,19). The Morgan fingerprint density at radius 1 is 1.42 bits per heavy atom. The van der Waals surface area contributed by atoms with Crippen LogP contribution in [-0.2, 0) is 9.59 Å². The second kappa shape index (κ2) is 4.91. The number of carbonyl (C=O) groups excluding carboxylic acids is 1. The van der Waals surface area contributed by atoms with E-state index in [0.717, 1.165) is 12.0 Å². The minimum Gasteiger partial charge on any atom is -0.506 e. The van der Waals surface area contributed by atoms with Crippen molar-refractivity contribution in [3.05, 3.63) is 23.8 Å². The number of carbonyl (C=O) groups is 2. The van der Waals surface area contributed by atoms with Crippen LogP contribution in [0.1, 0.15) is 31.7 Å². The molecule has 0 aromatic heterocycles. The predicted molar refractivity (Wildman–Crippen MR) is 70.3 cm³/mol. The maximum absolute atomic E-state index is 12.2. The molecule has 19 heavy (non-hydrogen) atoms. The van der Waals surface area contributed by atoms with Crippen LogP contribution in [0.15, 0.2) is 18.2 Å². The van der Waals surface area contributed by atoms with Crippen LogP contribution in [0.5, 0.6) is 5.75 Å². The number of phenolic OH excluding ortho intramolecular Hbond substituents is 1. The third-order valence-electron chi connectivity index (χ3n) is 3.64. The maximum atomic E-state index is 12.2. The van der Waals surface area contributed by atoms with E-state index in [2.05, 4.69) is 0 Å². The Labute approximate surface area is 111 Å². The fraction of sp³-hybridized carbons (Fsp3) is 0.429. The highest BCUT2D eigenvalue weighted by atomic mass is 16.4. The SMILES string of the molecule is CC(C(=O)O)C(=O)N1CCC(C)c2cccc(O)c21. The van der Waals surface area contributed by atoms with Crippen molar-refractivity contribution in [1.29, 1.82) is 0 Å². The lowest BCUT2D eigenvalue weighted by atomic mass is 9.90. The van der Waals surface area contributed by atoms with Gasteiger partial charge in [0.2, 0.25) is 5.91 Å². The van der Waals surface area contributed by atoms with Crippen LogP contribution in [0.2, 0.25) is 0 Å². The zero-order valence-corrected chi connectivity index (χ0v) is 11.0. The smallest absolute Gasteiger partial charge is 0.315 e. The number of hydrogen-bond donors (Lipinski definition) is 2. The molecule has 2 atom stereocenters. The molecular weight excluding hydrogens is 246 g/mol. The quantitative estimate of drug-likeness (QED) is 0.799. The van der Waals surface area contributed by atoms with Gasteiger partial charge in [-0.2, -0.15) is 0 Å². The van der Waals surface area contributed by atoms with E-state index in [1.165, 1.54) is 17.9 Å². The summed E-state index contributed by atoms with van der Waals surface area (Å²) in [6.45, 7) is 3.82. The molecule has 1 aromatic rings. The second-order valence-corrected chi connectivity index (χ2v) is 4.95. The zero-order valence-electron chi connectivity index (χ0n) is 11.0. The van der Waals surface area contributed by atoms with E-state index in [0.29, 0.717) is 12.2 Å². The normalized spacial score (nSPS) is 19.7. The van der Waals surface area contributed by atoms with Gasteiger partial charge in [0.15, 0.2) is 0 Å². The Kier molecular flexibility index (Phi) is 3.46. The molecule has 1 aliphatic heterocycles. The van der Waals surface area contributed by atoms with E-state index in [1.54, 1.807) is 6.07 Å². The van der Waals surface area contributed by atoms with Crippen molar-refractivity contribution in [2.75, 3.05) is 11.4 Å². The van der Waals surface area contributed by atoms with Crippen LogP contribution in [0.25, 0.3) is 0 Å². The molecule has 2 N–H and O–H groups in total. The Morgan fingerprint density at radius 2 is 2.11 bits per heavy atom. The summed E-state index contributed by atoms with van der Waals surface area (Å²) in [5.74, 6) is -2.48. The maximum Gasteiger partial charge on any atom is 0.315 e. The first-order valence-electron chi connectivity index (χ1n) is 6.29. The van der Waals surface area contributed by atoms with Crippen LogP contribution in [0.3, 0.4) is 0 Å². The first kappa shape index (κ1) is 13.4. The summed E-state index contributed by atoms with van der Waals surface area (Å²) in [7, 11) is 0. The minimum atomic E-state index is -1.15. The van der Waals surface area contributed by atoms with Crippen molar-refractivity contribution in [1.82, 2.24) is 0 Å². The van der Waals surface area contributed by atoms with Crippen LogP contribution in [-0.4, -0.2) is 28.6 Å². The fourth-order valence-corrected chi connectivity index (χ4v) is 2.39. The van der Waals surface area contributed by atoms with Crippen molar-refractivity contribution >= 4 is 17.6 Å². The number of fused-ring (bicyclic) bond motifs is 1. The monoisotopic (exact) mass is 263 g/mol. The summed E-state index contributed by atoms with van der Waals surface area (Å²) in [6, 6.07) is 5.12. The lowest BCUT2D eigenvalue weighted by molar-refractivity contribution is -0.145. The van der Waals surface area contributed by atoms with Gasteiger partial charge in [0.25, 0.3) is 0 Å². The summed E-state index contributed by atoms with van der Waals surface area (Å²) < 4.78 is 0. The third-order valence-corrected chi connectivity index (χ3v) is 3.64. The average molecular weight is 263 g/mol. The Hall–Kier alpha value is -2.04. The summed E-state index contributed by atoms with van der Waals surface area (Å²) in [5.41, 5.74) is 1.34. The highest BCUT2D eigenvalue weighted by molar-refractivity contribution is 6.06. The van der Waals surface area contributed by atoms with Crippen molar-refractivity contribution in [3.8, 4) is 5.75 Å². The van der Waals surface area contributed by atoms with Gasteiger partial charge >= 0.3 is 5.97 Å². The van der Waals surface area contributed by atoms with Gasteiger partial charge in [-0.25, -0.2) is 0 Å². The Morgan fingerprint density at radius 3 is 2.74 bits per heavy atom. The van der Waals surface area contributed by atoms with Crippen molar-refractivity contribution in [3.63, 3.8) is 0 Å². The van der Waals surface area contributed by atoms with E-state index in [1.807, 2.05) is 13.0 Å². The summed E-state index contributed by atoms with van der Waals surface area (Å²) in [5, 5.41) is 18.9. The number of nitrogens with zero attached hydrogens (tertiary/aromatic N) is 1. The topological polar surface area (TPSA) is 77.8 Å². The molecular formula is C14H17NO4. The lowest BCUT2D eigenvalue weighted by Gasteiger charge is -2.34. The van der Waals surface area contributed by atoms with Gasteiger partial charge in [-0.15, -0.1) is 0 Å². The Bertz CT molecular complexity index is 526. The highest BCUT2D eigenvalue weighted by Crippen LogP contribution is 2.41. The molecule has 0 aliphatic carbocycles. The average Bonchev–Trinajstić information content (AvgIpc) is 2.38. The third kappa shape index (κ3) is 2.28. The first-order valence-corrected chi connectivity index (χ1v) is 6.29. The summed E-state index contributed by atoms with van der Waals surface area (Å²) in [6.07, 6.45) is 0.758. The largest absolute Gasteiger partial charge is 0.506 e. The van der Waals surface area contributed by atoms with Crippen LogP contribution in [0, 0.1) is 5.92 Å². The number of aliphatic carboxylic acids is 1. The van der Waals surface area contributed by atoms with Gasteiger partial charge in [-0.3, -0.25) is 9.59 Å². The fourth-order valence-electron chi connectivity index (χ4n) is 2.39. The number of hydrogen-bond acceptors (Lipinski definition) is 3. The molecule has 1 heterocycles. The van der Waals surface area contributed by atoms with Gasteiger partial charge in [0, 0.05) is 6.54 Å². The molecule has 102 valence electrons. The molecule has 1 aliphatic rings. The second-order valence-electron chi connectivity index (χ2n) is 4.95. The van der Waals surface area contributed by atoms with Crippen LogP contribution in [0.4, 0.5) is 5.69 Å². The molecule has 0 radical (unpaired) electrons. The van der Waals surface area contributed by atoms with Gasteiger partial charge in [0.1, 0.15) is 11.7 Å². The number of aromatic hydroxyl groups is 1. The molecule has 0 saturated carbocycles. The molecule has 5 heteroatoms. The molecule has 0 bridgehead atoms. The van der Waals surface area contributed by atoms with Crippen molar-refractivity contribution in [2.24, 2.45) is 5.92 Å². The first-order chi connectivity index (χ1) is 8.93. The molecule has 0 fully saturated rings. The number of amides is 1. The van der Waals surface area contributed by atoms with Gasteiger partial charge < -0.3 is 15.1 Å². The van der Waals surface area contributed by atoms with Gasteiger partial charge in [-0.05, 0) is 30.9 Å². The molecule has 0 saturated heterocycles. The number of carboxylic acid groups (broad SMARTS) is 1. The van der Waals surface area contributed by atoms with Crippen LogP contribution < -0.4 is 4.90 Å². The van der Waals surface area contributed by atoms with E-state index < -0.39 is 17.8 Å². The number of carboxylic acids is 1. The number of rotatable bonds is 2. The van der Waals surface area contributed by atoms with Crippen LogP contribution >= 0.6 is 0 Å². The minimum absolute atomic E-state index is 0.0231. The molecule has 2 rings (SSSR count). The number of benzene rings is 1. The predicted octanol–water partition coefficient (Wildman–Crippen LogP) is 1.95. The lowest BCUT2D eigenvalue weighted by Crippen LogP contribution is -2.41.